The Labute approximate surface area is 108 Å². The zero-order valence-corrected chi connectivity index (χ0v) is 11.6. The Kier molecular flexibility index (Phi) is 4.04. The summed E-state index contributed by atoms with van der Waals surface area (Å²) in [4.78, 5) is 6.75. The van der Waals surface area contributed by atoms with Gasteiger partial charge in [-0.15, -0.1) is 0 Å². The van der Waals surface area contributed by atoms with Crippen molar-refractivity contribution in [1.82, 2.24) is 19.6 Å². The summed E-state index contributed by atoms with van der Waals surface area (Å²) in [5.74, 6) is 0.614. The molecule has 2 rings (SSSR count). The molecule has 1 fully saturated rings. The molecule has 18 heavy (non-hydrogen) atoms. The number of nitrogens with one attached hydrogen (secondary N) is 2. The smallest absolute Gasteiger partial charge is 0.260 e. The zero-order chi connectivity index (χ0) is 13.2. The van der Waals surface area contributed by atoms with Crippen molar-refractivity contribution in [2.45, 2.75) is 37.8 Å². The van der Waals surface area contributed by atoms with Gasteiger partial charge in [0.15, 0.2) is 5.03 Å². The standard InChI is InChI=1S/C11H20N4O2S/c1-3-15(8-10-5-4-6-12-10)18(16,17)11-7-13-9(2)14-11/h7,10,12H,3-6,8H2,1-2H3,(H,13,14). The van der Waals surface area contributed by atoms with Crippen molar-refractivity contribution >= 4 is 10.0 Å². The quantitative estimate of drug-likeness (QED) is 0.817. The van der Waals surface area contributed by atoms with Gasteiger partial charge in [0.1, 0.15) is 5.82 Å². The van der Waals surface area contributed by atoms with Crippen molar-refractivity contribution in [2.24, 2.45) is 0 Å². The summed E-state index contributed by atoms with van der Waals surface area (Å²) in [5, 5.41) is 3.50. The number of rotatable bonds is 5. The first-order chi connectivity index (χ1) is 8.54. The minimum Gasteiger partial charge on any atom is -0.332 e. The first kappa shape index (κ1) is 13.5. The van der Waals surface area contributed by atoms with Crippen molar-refractivity contribution in [2.75, 3.05) is 19.6 Å². The zero-order valence-electron chi connectivity index (χ0n) is 10.8. The van der Waals surface area contributed by atoms with Gasteiger partial charge in [-0.3, -0.25) is 0 Å². The molecule has 0 bridgehead atoms. The number of aromatic nitrogens is 2. The third-order valence-corrected chi connectivity index (χ3v) is 5.09. The second-order valence-corrected chi connectivity index (χ2v) is 6.49. The van der Waals surface area contributed by atoms with Crippen molar-refractivity contribution in [3.63, 3.8) is 0 Å². The number of aryl methyl sites for hydroxylation is 1. The maximum atomic E-state index is 12.4. The van der Waals surface area contributed by atoms with Crippen LogP contribution in [0.15, 0.2) is 11.2 Å². The molecule has 0 spiro atoms. The SMILES string of the molecule is CCN(CC1CCCN1)S(=O)(=O)c1cnc(C)[nH]1. The van der Waals surface area contributed by atoms with Crippen LogP contribution in [0, 0.1) is 6.92 Å². The number of nitrogens with zero attached hydrogens (tertiary/aromatic N) is 2. The van der Waals surface area contributed by atoms with Gasteiger partial charge in [-0.2, -0.15) is 4.31 Å². The lowest BCUT2D eigenvalue weighted by Gasteiger charge is -2.22. The van der Waals surface area contributed by atoms with Gasteiger partial charge in [0.05, 0.1) is 6.20 Å². The third-order valence-electron chi connectivity index (χ3n) is 3.24. The molecule has 1 saturated heterocycles. The van der Waals surface area contributed by atoms with E-state index in [9.17, 15) is 8.42 Å². The van der Waals surface area contributed by atoms with E-state index in [0.29, 0.717) is 18.9 Å². The molecule has 1 aromatic rings. The molecule has 6 nitrogen and oxygen atoms in total. The lowest BCUT2D eigenvalue weighted by molar-refractivity contribution is 0.381. The summed E-state index contributed by atoms with van der Waals surface area (Å²) in [5.41, 5.74) is 0. The lowest BCUT2D eigenvalue weighted by Crippen LogP contribution is -2.41. The summed E-state index contributed by atoms with van der Waals surface area (Å²) in [7, 11) is -3.44. The van der Waals surface area contributed by atoms with Crippen LogP contribution >= 0.6 is 0 Å². The lowest BCUT2D eigenvalue weighted by atomic mass is 10.2. The first-order valence-corrected chi connectivity index (χ1v) is 7.73. The van der Waals surface area contributed by atoms with Gasteiger partial charge < -0.3 is 10.3 Å². The fourth-order valence-corrected chi connectivity index (χ4v) is 3.68. The molecule has 0 aromatic carbocycles. The largest absolute Gasteiger partial charge is 0.332 e. The van der Waals surface area contributed by atoms with E-state index in [0.717, 1.165) is 19.4 Å². The molecular formula is C11H20N4O2S. The number of sulfonamides is 1. The van der Waals surface area contributed by atoms with Crippen molar-refractivity contribution in [3.05, 3.63) is 12.0 Å². The molecule has 2 N–H and O–H groups in total. The van der Waals surface area contributed by atoms with E-state index in [4.69, 9.17) is 0 Å². The topological polar surface area (TPSA) is 78.1 Å². The second kappa shape index (κ2) is 5.38. The fraction of sp³-hybridized carbons (Fsp3) is 0.727. The highest BCUT2D eigenvalue weighted by Gasteiger charge is 2.28. The van der Waals surface area contributed by atoms with Gasteiger partial charge in [0.2, 0.25) is 0 Å². The molecule has 102 valence electrons. The molecule has 1 aliphatic rings. The van der Waals surface area contributed by atoms with E-state index >= 15 is 0 Å². The second-order valence-electron chi connectivity index (χ2n) is 4.58. The predicted molar refractivity (Wildman–Crippen MR) is 68.8 cm³/mol. The van der Waals surface area contributed by atoms with Crippen molar-refractivity contribution < 1.29 is 8.42 Å². The van der Waals surface area contributed by atoms with Crippen LogP contribution in [0.2, 0.25) is 0 Å². The summed E-state index contributed by atoms with van der Waals surface area (Å²) < 4.78 is 26.3. The Bertz CT molecular complexity index is 491. The summed E-state index contributed by atoms with van der Waals surface area (Å²) in [6.45, 7) is 5.57. The molecule has 2 heterocycles. The Hall–Kier alpha value is -0.920. The number of hydrogen-bond donors (Lipinski definition) is 2. The van der Waals surface area contributed by atoms with Gasteiger partial charge in [0, 0.05) is 19.1 Å². The molecule has 1 aliphatic heterocycles. The van der Waals surface area contributed by atoms with Gasteiger partial charge in [-0.25, -0.2) is 13.4 Å². The minimum absolute atomic E-state index is 0.180. The Morgan fingerprint density at radius 1 is 1.56 bits per heavy atom. The summed E-state index contributed by atoms with van der Waals surface area (Å²) in [6.07, 6.45) is 3.54. The van der Waals surface area contributed by atoms with Crippen LogP contribution in [0.5, 0.6) is 0 Å². The molecule has 1 aromatic heterocycles. The third kappa shape index (κ3) is 2.73. The van der Waals surface area contributed by atoms with E-state index in [-0.39, 0.29) is 11.1 Å². The van der Waals surface area contributed by atoms with E-state index in [1.165, 1.54) is 10.5 Å². The monoisotopic (exact) mass is 272 g/mol. The van der Waals surface area contributed by atoms with E-state index in [2.05, 4.69) is 15.3 Å². The van der Waals surface area contributed by atoms with Crippen LogP contribution in [0.3, 0.4) is 0 Å². The Morgan fingerprint density at radius 2 is 2.33 bits per heavy atom. The van der Waals surface area contributed by atoms with Gasteiger partial charge in [0.25, 0.3) is 10.0 Å². The van der Waals surface area contributed by atoms with Crippen LogP contribution in [0.4, 0.5) is 0 Å². The number of aromatic amines is 1. The molecule has 0 radical (unpaired) electrons. The highest BCUT2D eigenvalue weighted by molar-refractivity contribution is 7.89. The first-order valence-electron chi connectivity index (χ1n) is 6.29. The summed E-state index contributed by atoms with van der Waals surface area (Å²) in [6, 6.07) is 0.267. The average molecular weight is 272 g/mol. The maximum Gasteiger partial charge on any atom is 0.260 e. The van der Waals surface area contributed by atoms with E-state index in [1.807, 2.05) is 6.92 Å². The Balaban J connectivity index is 2.15. The molecule has 7 heteroatoms. The molecule has 1 unspecified atom stereocenters. The number of likely N-dealkylation sites (N-methyl/N-ethyl adjacent to an activating group) is 1. The number of H-pyrrole nitrogens is 1. The van der Waals surface area contributed by atoms with E-state index < -0.39 is 10.0 Å². The van der Waals surface area contributed by atoms with Gasteiger partial charge in [-0.1, -0.05) is 6.92 Å². The maximum absolute atomic E-state index is 12.4. The van der Waals surface area contributed by atoms with Crippen LogP contribution in [-0.4, -0.2) is 48.4 Å². The van der Waals surface area contributed by atoms with E-state index in [1.54, 1.807) is 6.92 Å². The number of hydrogen-bond acceptors (Lipinski definition) is 4. The molecule has 0 aliphatic carbocycles. The molecular weight excluding hydrogens is 252 g/mol. The van der Waals surface area contributed by atoms with Crippen molar-refractivity contribution in [1.29, 1.82) is 0 Å². The normalized spacial score (nSPS) is 20.7. The van der Waals surface area contributed by atoms with Crippen LogP contribution in [0.1, 0.15) is 25.6 Å². The molecule has 0 amide bonds. The molecule has 1 atom stereocenters. The fourth-order valence-electron chi connectivity index (χ4n) is 2.22. The highest BCUT2D eigenvalue weighted by atomic mass is 32.2. The summed E-state index contributed by atoms with van der Waals surface area (Å²) >= 11 is 0. The number of imidazole rings is 1. The van der Waals surface area contributed by atoms with Crippen LogP contribution in [0.25, 0.3) is 0 Å². The highest BCUT2D eigenvalue weighted by Crippen LogP contribution is 2.16. The van der Waals surface area contributed by atoms with Crippen molar-refractivity contribution in [3.8, 4) is 0 Å². The predicted octanol–water partition coefficient (Wildman–Crippen LogP) is 0.481. The van der Waals surface area contributed by atoms with Gasteiger partial charge in [-0.05, 0) is 26.3 Å². The van der Waals surface area contributed by atoms with Crippen LogP contribution in [-0.2, 0) is 10.0 Å². The molecule has 0 saturated carbocycles. The Morgan fingerprint density at radius 3 is 2.83 bits per heavy atom. The minimum atomic E-state index is -3.44. The average Bonchev–Trinajstić information content (AvgIpc) is 2.96. The van der Waals surface area contributed by atoms with Crippen LogP contribution < -0.4 is 5.32 Å². The van der Waals surface area contributed by atoms with Gasteiger partial charge >= 0.3 is 0 Å².